The quantitative estimate of drug-likeness (QED) is 0.790. The number of benzene rings is 1. The van der Waals surface area contributed by atoms with E-state index in [9.17, 15) is 18.0 Å². The Bertz CT molecular complexity index is 965. The Labute approximate surface area is 137 Å². The number of carboxylic acids is 1. The Hall–Kier alpha value is -3.12. The van der Waals surface area contributed by atoms with Crippen LogP contribution in [0.4, 0.5) is 5.88 Å². The van der Waals surface area contributed by atoms with Crippen molar-refractivity contribution in [2.24, 2.45) is 0 Å². The number of aromatic carboxylic acids is 1. The van der Waals surface area contributed by atoms with Gasteiger partial charge in [0.25, 0.3) is 10.0 Å². The highest BCUT2D eigenvalue weighted by Crippen LogP contribution is 2.28. The van der Waals surface area contributed by atoms with Crippen LogP contribution in [0.2, 0.25) is 0 Å². The minimum Gasteiger partial charge on any atom is -0.478 e. The Morgan fingerprint density at radius 1 is 1.25 bits per heavy atom. The number of nitrogens with one attached hydrogen (secondary N) is 1. The number of rotatable bonds is 5. The average Bonchev–Trinajstić information content (AvgIpc) is 2.82. The number of hydrogen-bond donors (Lipinski definition) is 2. The summed E-state index contributed by atoms with van der Waals surface area (Å²) in [6.45, 7) is 2.68. The van der Waals surface area contributed by atoms with Gasteiger partial charge in [-0.15, -0.1) is 0 Å². The number of anilines is 1. The molecule has 0 aliphatic rings. The molecule has 124 valence electrons. The van der Waals surface area contributed by atoms with Crippen LogP contribution in [-0.2, 0) is 10.0 Å². The lowest BCUT2D eigenvalue weighted by molar-refractivity contribution is 0.0696. The molecule has 0 radical (unpaired) electrons. The van der Waals surface area contributed by atoms with Gasteiger partial charge in [0.15, 0.2) is 5.78 Å². The van der Waals surface area contributed by atoms with E-state index in [4.69, 9.17) is 14.8 Å². The number of Topliss-reactive ketones (excluding diaryl/α,β-unsaturated/α-hetero) is 1. The average molecular weight is 348 g/mol. The van der Waals surface area contributed by atoms with E-state index in [2.05, 4.69) is 4.72 Å². The molecule has 0 fully saturated rings. The van der Waals surface area contributed by atoms with Crippen LogP contribution in [0.5, 0.6) is 0 Å². The molecule has 0 bridgehead atoms. The number of hydrogen-bond acceptors (Lipinski definition) is 6. The van der Waals surface area contributed by atoms with E-state index in [1.165, 1.54) is 13.8 Å². The van der Waals surface area contributed by atoms with E-state index in [0.717, 1.165) is 24.3 Å². The van der Waals surface area contributed by atoms with Gasteiger partial charge in [0.1, 0.15) is 17.4 Å². The van der Waals surface area contributed by atoms with Gasteiger partial charge < -0.3 is 9.52 Å². The maximum atomic E-state index is 12.3. The second-order valence-electron chi connectivity index (χ2n) is 4.84. The molecule has 0 aliphatic heterocycles. The van der Waals surface area contributed by atoms with Crippen LogP contribution in [0, 0.1) is 18.3 Å². The molecule has 0 saturated heterocycles. The molecule has 2 aromatic rings. The van der Waals surface area contributed by atoms with Gasteiger partial charge in [0.05, 0.1) is 16.0 Å². The van der Waals surface area contributed by atoms with Crippen LogP contribution in [0.3, 0.4) is 0 Å². The fourth-order valence-electron chi connectivity index (χ4n) is 2.10. The summed E-state index contributed by atoms with van der Waals surface area (Å²) in [5.41, 5.74) is -0.262. The second-order valence-corrected chi connectivity index (χ2v) is 6.52. The normalized spacial score (nSPS) is 10.9. The van der Waals surface area contributed by atoms with Gasteiger partial charge >= 0.3 is 5.97 Å². The third kappa shape index (κ3) is 3.13. The van der Waals surface area contributed by atoms with Gasteiger partial charge in [-0.25, -0.2) is 17.9 Å². The van der Waals surface area contributed by atoms with Gasteiger partial charge in [0.2, 0.25) is 5.88 Å². The number of furan rings is 1. The highest BCUT2D eigenvalue weighted by molar-refractivity contribution is 7.92. The summed E-state index contributed by atoms with van der Waals surface area (Å²) in [6.07, 6.45) is 0. The first-order valence-corrected chi connectivity index (χ1v) is 8.06. The van der Waals surface area contributed by atoms with Crippen LogP contribution >= 0.6 is 0 Å². The number of carboxylic acid groups (broad SMARTS) is 1. The third-order valence-electron chi connectivity index (χ3n) is 3.19. The number of carbonyl (C=O) groups excluding carboxylic acids is 1. The van der Waals surface area contributed by atoms with Crippen LogP contribution < -0.4 is 4.72 Å². The van der Waals surface area contributed by atoms with Gasteiger partial charge in [0, 0.05) is 0 Å². The number of aryl methyl sites for hydroxylation is 1. The van der Waals surface area contributed by atoms with E-state index in [0.29, 0.717) is 0 Å². The van der Waals surface area contributed by atoms with Crippen molar-refractivity contribution in [2.45, 2.75) is 18.7 Å². The second kappa shape index (κ2) is 6.17. The van der Waals surface area contributed by atoms with Crippen molar-refractivity contribution in [3.05, 3.63) is 46.7 Å². The zero-order valence-corrected chi connectivity index (χ0v) is 13.5. The first-order valence-electron chi connectivity index (χ1n) is 6.58. The first-order chi connectivity index (χ1) is 11.2. The lowest BCUT2D eigenvalue weighted by Crippen LogP contribution is -2.13. The Morgan fingerprint density at radius 3 is 2.29 bits per heavy atom. The topological polar surface area (TPSA) is 137 Å². The summed E-state index contributed by atoms with van der Waals surface area (Å²) in [6, 6.07) is 6.24. The third-order valence-corrected chi connectivity index (χ3v) is 4.53. The summed E-state index contributed by atoms with van der Waals surface area (Å²) in [4.78, 5) is 22.1. The van der Waals surface area contributed by atoms with E-state index in [1.54, 1.807) is 6.07 Å². The highest BCUT2D eigenvalue weighted by atomic mass is 32.2. The van der Waals surface area contributed by atoms with Gasteiger partial charge in [-0.2, -0.15) is 5.26 Å². The largest absolute Gasteiger partial charge is 0.478 e. The summed E-state index contributed by atoms with van der Waals surface area (Å²) < 4.78 is 31.9. The first kappa shape index (κ1) is 17.2. The maximum Gasteiger partial charge on any atom is 0.335 e. The van der Waals surface area contributed by atoms with Gasteiger partial charge in [-0.3, -0.25) is 4.79 Å². The SMILES string of the molecule is CC(=O)c1c(C)oc(NS(=O)(=O)c2ccc(C(=O)O)cc2)c1C#N. The molecule has 2 rings (SSSR count). The van der Waals surface area contributed by atoms with Crippen molar-refractivity contribution in [1.29, 1.82) is 5.26 Å². The fourth-order valence-corrected chi connectivity index (χ4v) is 3.10. The molecule has 1 heterocycles. The van der Waals surface area contributed by atoms with Crippen molar-refractivity contribution >= 4 is 27.7 Å². The monoisotopic (exact) mass is 348 g/mol. The number of ketones is 1. The van der Waals surface area contributed by atoms with Crippen LogP contribution in [0.25, 0.3) is 0 Å². The van der Waals surface area contributed by atoms with E-state index in [1.807, 2.05) is 0 Å². The Morgan fingerprint density at radius 2 is 1.83 bits per heavy atom. The lowest BCUT2D eigenvalue weighted by Gasteiger charge is -2.06. The molecule has 9 heteroatoms. The molecule has 2 N–H and O–H groups in total. The minimum absolute atomic E-state index is 0.0106. The molecule has 1 aromatic carbocycles. The minimum atomic E-state index is -4.12. The van der Waals surface area contributed by atoms with Crippen molar-refractivity contribution in [1.82, 2.24) is 0 Å². The van der Waals surface area contributed by atoms with E-state index >= 15 is 0 Å². The molecule has 0 spiro atoms. The molecule has 1 aromatic heterocycles. The molecule has 24 heavy (non-hydrogen) atoms. The van der Waals surface area contributed by atoms with Crippen LogP contribution in [0.1, 0.15) is 39.0 Å². The number of nitriles is 1. The molecule has 0 unspecified atom stereocenters. The predicted molar refractivity (Wildman–Crippen MR) is 82.4 cm³/mol. The van der Waals surface area contributed by atoms with Crippen LogP contribution in [-0.4, -0.2) is 25.3 Å². The van der Waals surface area contributed by atoms with Gasteiger partial charge in [-0.1, -0.05) is 0 Å². The number of nitrogens with zero attached hydrogens (tertiary/aromatic N) is 1. The predicted octanol–water partition coefficient (Wildman–Crippen LogP) is 2.16. The van der Waals surface area contributed by atoms with Crippen molar-refractivity contribution < 1.29 is 27.5 Å². The highest BCUT2D eigenvalue weighted by Gasteiger charge is 2.25. The van der Waals surface area contributed by atoms with Gasteiger partial charge in [-0.05, 0) is 38.1 Å². The summed E-state index contributed by atoms with van der Waals surface area (Å²) in [5.74, 6) is -1.85. The summed E-state index contributed by atoms with van der Waals surface area (Å²) in [5, 5.41) is 18.0. The maximum absolute atomic E-state index is 12.3. The molecule has 0 amide bonds. The van der Waals surface area contributed by atoms with E-state index < -0.39 is 21.8 Å². The van der Waals surface area contributed by atoms with Crippen molar-refractivity contribution in [3.8, 4) is 6.07 Å². The molecule has 0 saturated carbocycles. The zero-order valence-electron chi connectivity index (χ0n) is 12.7. The smallest absolute Gasteiger partial charge is 0.335 e. The molecular weight excluding hydrogens is 336 g/mol. The zero-order chi connectivity index (χ0) is 18.1. The van der Waals surface area contributed by atoms with Crippen LogP contribution in [0.15, 0.2) is 33.6 Å². The molecule has 8 nitrogen and oxygen atoms in total. The van der Waals surface area contributed by atoms with Crippen molar-refractivity contribution in [2.75, 3.05) is 4.72 Å². The molecular formula is C15H12N2O6S. The summed E-state index contributed by atoms with van der Waals surface area (Å²) in [7, 11) is -4.12. The standard InChI is InChI=1S/C15H12N2O6S/c1-8(18)13-9(2)23-14(12(13)7-16)17-24(21,22)11-5-3-10(4-6-11)15(19)20/h3-6,17H,1-2H3,(H,19,20). The molecule has 0 aliphatic carbocycles. The molecule has 0 atom stereocenters. The Balaban J connectivity index is 2.43. The number of carbonyl (C=O) groups is 2. The Kier molecular flexibility index (Phi) is 4.43. The van der Waals surface area contributed by atoms with E-state index in [-0.39, 0.29) is 33.2 Å². The number of sulfonamides is 1. The van der Waals surface area contributed by atoms with Crippen molar-refractivity contribution in [3.63, 3.8) is 0 Å². The lowest BCUT2D eigenvalue weighted by atomic mass is 10.1. The fraction of sp³-hybridized carbons (Fsp3) is 0.133. The summed E-state index contributed by atoms with van der Waals surface area (Å²) >= 11 is 0.